The maximum Gasteiger partial charge on any atom is 0.281 e. The third kappa shape index (κ3) is 2.74. The molecule has 84 valence electrons. The number of pyridine rings is 1. The molecule has 0 atom stereocenters. The largest absolute Gasteiger partial charge is 0.281 e. The molecule has 1 aromatic heterocycles. The maximum atomic E-state index is 12.4. The number of halogens is 4. The van der Waals surface area contributed by atoms with Gasteiger partial charge in [0.1, 0.15) is 10.6 Å². The molecule has 15 heavy (non-hydrogen) atoms. The van der Waals surface area contributed by atoms with E-state index in [2.05, 4.69) is 4.98 Å². The Morgan fingerprint density at radius 3 is 2.47 bits per heavy atom. The van der Waals surface area contributed by atoms with Gasteiger partial charge in [-0.15, -0.1) is 0 Å². The predicted molar refractivity (Wildman–Crippen MR) is 58.3 cm³/mol. The van der Waals surface area contributed by atoms with Crippen molar-refractivity contribution in [3.8, 4) is 0 Å². The van der Waals surface area contributed by atoms with E-state index < -0.39 is 27.0 Å². The highest BCUT2D eigenvalue weighted by molar-refractivity contribution is 14.1. The molecular weight excluding hydrogens is 364 g/mol. The van der Waals surface area contributed by atoms with Gasteiger partial charge in [0.15, 0.2) is 0 Å². The number of sulfonamides is 1. The van der Waals surface area contributed by atoms with Crippen molar-refractivity contribution >= 4 is 44.2 Å². The molecule has 0 aromatic carbocycles. The molecule has 0 aliphatic rings. The van der Waals surface area contributed by atoms with Crippen molar-refractivity contribution in [2.24, 2.45) is 5.14 Å². The van der Waals surface area contributed by atoms with Crippen LogP contribution < -0.4 is 5.14 Å². The summed E-state index contributed by atoms with van der Waals surface area (Å²) in [5.74, 6) is 0. The van der Waals surface area contributed by atoms with Crippen LogP contribution in [0.3, 0.4) is 0 Å². The normalized spacial score (nSPS) is 12.1. The zero-order valence-corrected chi connectivity index (χ0v) is 10.6. The van der Waals surface area contributed by atoms with Crippen molar-refractivity contribution in [1.82, 2.24) is 4.98 Å². The number of primary sulfonamides is 1. The fourth-order valence-corrected chi connectivity index (χ4v) is 3.77. The van der Waals surface area contributed by atoms with Gasteiger partial charge >= 0.3 is 0 Å². The Hall–Kier alpha value is -0.0600. The highest BCUT2D eigenvalue weighted by atomic mass is 127. The van der Waals surface area contributed by atoms with Crippen LogP contribution in [0.1, 0.15) is 12.1 Å². The summed E-state index contributed by atoms with van der Waals surface area (Å²) in [5, 5.41) is 4.57. The van der Waals surface area contributed by atoms with Crippen LogP contribution in [0.25, 0.3) is 0 Å². The molecule has 1 aromatic rings. The lowest BCUT2D eigenvalue weighted by Gasteiger charge is -2.08. The van der Waals surface area contributed by atoms with E-state index in [-0.39, 0.29) is 8.59 Å². The summed E-state index contributed by atoms with van der Waals surface area (Å²) in [4.78, 5) is 2.82. The van der Waals surface area contributed by atoms with Gasteiger partial charge in [0.25, 0.3) is 6.43 Å². The number of nitrogens with zero attached hydrogens (tertiary/aromatic N) is 1. The number of nitrogens with two attached hydrogens (primary N) is 1. The second-order valence-corrected chi connectivity index (χ2v) is 5.46. The van der Waals surface area contributed by atoms with Crippen molar-refractivity contribution in [3.05, 3.63) is 20.5 Å². The quantitative estimate of drug-likeness (QED) is 0.811. The van der Waals surface area contributed by atoms with Gasteiger partial charge in [-0.25, -0.2) is 22.3 Å². The summed E-state index contributed by atoms with van der Waals surface area (Å²) >= 11 is 6.94. The summed E-state index contributed by atoms with van der Waals surface area (Å²) in [6.45, 7) is 0. The van der Waals surface area contributed by atoms with Crippen LogP contribution in [0.2, 0.25) is 5.02 Å². The predicted octanol–water partition coefficient (Wildman–Crippen LogP) is 1.92. The van der Waals surface area contributed by atoms with E-state index in [4.69, 9.17) is 16.7 Å². The molecule has 0 saturated heterocycles. The first-order chi connectivity index (χ1) is 6.75. The third-order valence-corrected chi connectivity index (χ3v) is 4.30. The highest BCUT2D eigenvalue weighted by Crippen LogP contribution is 2.31. The molecule has 0 radical (unpaired) electrons. The summed E-state index contributed by atoms with van der Waals surface area (Å²) in [6.07, 6.45) is -2.04. The number of alkyl halides is 2. The third-order valence-electron chi connectivity index (χ3n) is 1.45. The summed E-state index contributed by atoms with van der Waals surface area (Å²) in [5.41, 5.74) is -0.649. The molecule has 0 spiro atoms. The molecule has 1 heterocycles. The van der Waals surface area contributed by atoms with Gasteiger partial charge in [0.2, 0.25) is 10.0 Å². The molecule has 0 amide bonds. The zero-order chi connectivity index (χ0) is 11.8. The molecule has 9 heteroatoms. The van der Waals surface area contributed by atoms with Crippen LogP contribution in [0.15, 0.2) is 11.1 Å². The number of aromatic nitrogens is 1. The SMILES string of the molecule is NS(=O)(=O)c1c(Cl)cnc(C(F)F)c1I. The number of hydrogen-bond donors (Lipinski definition) is 1. The van der Waals surface area contributed by atoms with Crippen molar-refractivity contribution in [2.45, 2.75) is 11.3 Å². The topological polar surface area (TPSA) is 73.1 Å². The minimum absolute atomic E-state index is 0.252. The standard InChI is InChI=1S/C6H4ClF2IN2O2S/c7-2-1-12-4(6(8)9)3(10)5(2)15(11,13)14/h1,6H,(H2,11,13,14). The molecule has 0 aliphatic heterocycles. The minimum Gasteiger partial charge on any atom is -0.253 e. The molecule has 0 unspecified atom stereocenters. The van der Waals surface area contributed by atoms with Crippen molar-refractivity contribution < 1.29 is 17.2 Å². The van der Waals surface area contributed by atoms with E-state index in [0.717, 1.165) is 6.20 Å². The molecule has 1 rings (SSSR count). The van der Waals surface area contributed by atoms with E-state index in [9.17, 15) is 17.2 Å². The Morgan fingerprint density at radius 2 is 2.07 bits per heavy atom. The Balaban J connectivity index is 3.59. The molecule has 0 saturated carbocycles. The van der Waals surface area contributed by atoms with Crippen LogP contribution in [0, 0.1) is 3.57 Å². The molecule has 4 nitrogen and oxygen atoms in total. The summed E-state index contributed by atoms with van der Waals surface area (Å²) in [6, 6.07) is 0. The fourth-order valence-electron chi connectivity index (χ4n) is 0.876. The van der Waals surface area contributed by atoms with Crippen LogP contribution >= 0.6 is 34.2 Å². The Kier molecular flexibility index (Phi) is 3.85. The fraction of sp³-hybridized carbons (Fsp3) is 0.167. The van der Waals surface area contributed by atoms with Crippen LogP contribution in [0.5, 0.6) is 0 Å². The minimum atomic E-state index is -4.13. The van der Waals surface area contributed by atoms with Crippen LogP contribution in [0.4, 0.5) is 8.78 Å². The average Bonchev–Trinajstić information content (AvgIpc) is 2.00. The molecule has 0 fully saturated rings. The first-order valence-electron chi connectivity index (χ1n) is 3.40. The Bertz CT molecular complexity index is 494. The van der Waals surface area contributed by atoms with Gasteiger partial charge in [0.05, 0.1) is 8.59 Å². The van der Waals surface area contributed by atoms with Crippen molar-refractivity contribution in [3.63, 3.8) is 0 Å². The van der Waals surface area contributed by atoms with Gasteiger partial charge in [0, 0.05) is 6.20 Å². The molecule has 0 aliphatic carbocycles. The van der Waals surface area contributed by atoms with Crippen molar-refractivity contribution in [1.29, 1.82) is 0 Å². The van der Waals surface area contributed by atoms with E-state index in [1.54, 1.807) is 0 Å². The number of rotatable bonds is 2. The molecule has 0 bridgehead atoms. The lowest BCUT2D eigenvalue weighted by Crippen LogP contribution is -2.16. The van der Waals surface area contributed by atoms with Crippen LogP contribution in [-0.2, 0) is 10.0 Å². The first kappa shape index (κ1) is 13.0. The van der Waals surface area contributed by atoms with Crippen molar-refractivity contribution in [2.75, 3.05) is 0 Å². The van der Waals surface area contributed by atoms with E-state index in [1.807, 2.05) is 0 Å². The van der Waals surface area contributed by atoms with Crippen LogP contribution in [-0.4, -0.2) is 13.4 Å². The van der Waals surface area contributed by atoms with Gasteiger partial charge in [-0.1, -0.05) is 11.6 Å². The Morgan fingerprint density at radius 1 is 1.53 bits per heavy atom. The smallest absolute Gasteiger partial charge is 0.253 e. The lowest BCUT2D eigenvalue weighted by atomic mass is 10.3. The van der Waals surface area contributed by atoms with Gasteiger partial charge in [-0.05, 0) is 22.6 Å². The Labute approximate surface area is 103 Å². The monoisotopic (exact) mass is 368 g/mol. The zero-order valence-electron chi connectivity index (χ0n) is 6.92. The van der Waals surface area contributed by atoms with Gasteiger partial charge in [-0.3, -0.25) is 4.98 Å². The van der Waals surface area contributed by atoms with E-state index >= 15 is 0 Å². The molecule has 2 N–H and O–H groups in total. The maximum absolute atomic E-state index is 12.4. The lowest BCUT2D eigenvalue weighted by molar-refractivity contribution is 0.144. The molecular formula is C6H4ClF2IN2O2S. The first-order valence-corrected chi connectivity index (χ1v) is 6.40. The highest BCUT2D eigenvalue weighted by Gasteiger charge is 2.24. The van der Waals surface area contributed by atoms with Gasteiger partial charge < -0.3 is 0 Å². The number of hydrogen-bond acceptors (Lipinski definition) is 3. The summed E-state index contributed by atoms with van der Waals surface area (Å²) in [7, 11) is -4.13. The second kappa shape index (κ2) is 4.44. The van der Waals surface area contributed by atoms with E-state index in [0.29, 0.717) is 0 Å². The average molecular weight is 369 g/mol. The van der Waals surface area contributed by atoms with Gasteiger partial charge in [-0.2, -0.15) is 0 Å². The second-order valence-electron chi connectivity index (χ2n) is 2.48. The summed E-state index contributed by atoms with van der Waals surface area (Å²) < 4.78 is 46.6. The van der Waals surface area contributed by atoms with E-state index in [1.165, 1.54) is 22.6 Å².